The third-order valence-corrected chi connectivity index (χ3v) is 2.71. The largest absolute Gasteiger partial charge is 0.506 e. The van der Waals surface area contributed by atoms with Crippen molar-refractivity contribution in [2.75, 3.05) is 0 Å². The Morgan fingerprint density at radius 3 is 2.12 bits per heavy atom. The summed E-state index contributed by atoms with van der Waals surface area (Å²) in [5.41, 5.74) is 1.87. The van der Waals surface area contributed by atoms with Gasteiger partial charge in [0.1, 0.15) is 5.75 Å². The van der Waals surface area contributed by atoms with E-state index < -0.39 is 0 Å². The number of phenolic OH excluding ortho intramolecular Hbond substituents is 1. The van der Waals surface area contributed by atoms with E-state index in [1.54, 1.807) is 0 Å². The number of halogens is 1. The number of para-hydroxylation sites is 1. The van der Waals surface area contributed by atoms with Gasteiger partial charge in [0.25, 0.3) is 0 Å². The van der Waals surface area contributed by atoms with Gasteiger partial charge >= 0.3 is 0 Å². The molecule has 0 aliphatic carbocycles. The Morgan fingerprint density at radius 1 is 0.941 bits per heavy atom. The molecule has 17 heavy (non-hydrogen) atoms. The van der Waals surface area contributed by atoms with Crippen molar-refractivity contribution < 1.29 is 5.11 Å². The zero-order valence-electron chi connectivity index (χ0n) is 10.2. The van der Waals surface area contributed by atoms with Crippen molar-refractivity contribution >= 4 is 15.9 Å². The molecule has 2 rings (SSSR count). The quantitative estimate of drug-likeness (QED) is 0.762. The molecule has 0 aromatic heterocycles. The number of hydrogen-bond donors (Lipinski definition) is 1. The van der Waals surface area contributed by atoms with Gasteiger partial charge in [-0.1, -0.05) is 62.7 Å². The molecule has 0 saturated heterocycles. The molecule has 90 valence electrons. The Hall–Kier alpha value is -1.28. The first-order valence-corrected chi connectivity index (χ1v) is 6.52. The number of phenols is 1. The van der Waals surface area contributed by atoms with Crippen LogP contribution in [-0.2, 0) is 0 Å². The lowest BCUT2D eigenvalue weighted by Crippen LogP contribution is -1.78. The van der Waals surface area contributed by atoms with Crippen LogP contribution in [0.5, 0.6) is 5.75 Å². The van der Waals surface area contributed by atoms with Gasteiger partial charge in [-0.2, -0.15) is 0 Å². The van der Waals surface area contributed by atoms with Gasteiger partial charge in [0.2, 0.25) is 0 Å². The van der Waals surface area contributed by atoms with Crippen molar-refractivity contribution in [2.45, 2.75) is 20.3 Å². The van der Waals surface area contributed by atoms with Gasteiger partial charge in [-0.25, -0.2) is 0 Å². The number of benzene rings is 2. The highest BCUT2D eigenvalue weighted by atomic mass is 79.9. The van der Waals surface area contributed by atoms with E-state index >= 15 is 0 Å². The molecule has 0 spiro atoms. The van der Waals surface area contributed by atoms with Gasteiger partial charge in [-0.05, 0) is 27.6 Å². The molecule has 0 radical (unpaired) electrons. The molecule has 0 fully saturated rings. The summed E-state index contributed by atoms with van der Waals surface area (Å²) in [6, 6.07) is 15.4. The Bertz CT molecular complexity index is 452. The second-order valence-corrected chi connectivity index (χ2v) is 4.56. The molecule has 1 N–H and O–H groups in total. The van der Waals surface area contributed by atoms with Crippen LogP contribution >= 0.6 is 15.9 Å². The van der Waals surface area contributed by atoms with Crippen molar-refractivity contribution in [2.24, 2.45) is 0 Å². The summed E-state index contributed by atoms with van der Waals surface area (Å²) in [5, 5.41) is 9.80. The predicted molar refractivity (Wildman–Crippen MR) is 77.2 cm³/mol. The van der Waals surface area contributed by atoms with Crippen LogP contribution in [0.3, 0.4) is 0 Å². The summed E-state index contributed by atoms with van der Waals surface area (Å²) >= 11 is 3.29. The topological polar surface area (TPSA) is 20.2 Å². The summed E-state index contributed by atoms with van der Waals surface area (Å²) in [6.45, 7) is 4.25. The van der Waals surface area contributed by atoms with Crippen LogP contribution < -0.4 is 0 Å². The second kappa shape index (κ2) is 7.13. The van der Waals surface area contributed by atoms with Gasteiger partial charge in [0.15, 0.2) is 0 Å². The van der Waals surface area contributed by atoms with Gasteiger partial charge in [-0.15, -0.1) is 0 Å². The normalized spacial score (nSPS) is 9.35. The first-order chi connectivity index (χ1) is 8.20. The Balaban J connectivity index is 0.000000437. The fourth-order valence-corrected chi connectivity index (χ4v) is 1.73. The van der Waals surface area contributed by atoms with Crippen LogP contribution in [0.2, 0.25) is 0 Å². The first kappa shape index (κ1) is 13.8. The Labute approximate surface area is 111 Å². The molecular formula is C15H17BrO. The number of aromatic hydroxyl groups is 1. The molecule has 0 atom stereocenters. The van der Waals surface area contributed by atoms with E-state index in [2.05, 4.69) is 29.8 Å². The van der Waals surface area contributed by atoms with Crippen LogP contribution in [-0.4, -0.2) is 5.11 Å². The molecular weight excluding hydrogens is 276 g/mol. The van der Waals surface area contributed by atoms with Gasteiger partial charge < -0.3 is 5.11 Å². The monoisotopic (exact) mass is 292 g/mol. The lowest BCUT2D eigenvalue weighted by molar-refractivity contribution is 0.474. The Morgan fingerprint density at radius 2 is 1.53 bits per heavy atom. The molecule has 2 aromatic rings. The van der Waals surface area contributed by atoms with E-state index in [-0.39, 0.29) is 0 Å². The third-order valence-electron chi connectivity index (χ3n) is 2.07. The van der Waals surface area contributed by atoms with Crippen molar-refractivity contribution in [3.8, 4) is 16.9 Å². The lowest BCUT2D eigenvalue weighted by atomic mass is 10.1. The van der Waals surface area contributed by atoms with Gasteiger partial charge in [-0.3, -0.25) is 0 Å². The van der Waals surface area contributed by atoms with E-state index in [0.717, 1.165) is 15.6 Å². The number of hydrogen-bond acceptors (Lipinski definition) is 1. The molecule has 0 bridgehead atoms. The SMILES string of the molecule is CCC.Oc1c(Br)cccc1-c1ccccc1. The van der Waals surface area contributed by atoms with Crippen LogP contribution in [0, 0.1) is 0 Å². The molecule has 2 aromatic carbocycles. The molecule has 0 saturated carbocycles. The molecule has 0 unspecified atom stereocenters. The zero-order valence-corrected chi connectivity index (χ0v) is 11.7. The summed E-state index contributed by atoms with van der Waals surface area (Å²) in [4.78, 5) is 0. The smallest absolute Gasteiger partial charge is 0.137 e. The molecule has 0 aliphatic rings. The summed E-state index contributed by atoms with van der Waals surface area (Å²) in [6.07, 6.45) is 1.25. The molecule has 0 amide bonds. The minimum atomic E-state index is 0.290. The average molecular weight is 293 g/mol. The van der Waals surface area contributed by atoms with Crippen LogP contribution in [0.15, 0.2) is 53.0 Å². The first-order valence-electron chi connectivity index (χ1n) is 5.73. The lowest BCUT2D eigenvalue weighted by Gasteiger charge is -2.05. The maximum atomic E-state index is 9.80. The highest BCUT2D eigenvalue weighted by Gasteiger charge is 2.05. The maximum Gasteiger partial charge on any atom is 0.137 e. The summed E-state index contributed by atoms with van der Waals surface area (Å²) < 4.78 is 0.721. The predicted octanol–water partition coefficient (Wildman–Crippen LogP) is 5.24. The minimum Gasteiger partial charge on any atom is -0.506 e. The number of rotatable bonds is 1. The molecule has 1 nitrogen and oxygen atoms in total. The van der Waals surface area contributed by atoms with Gasteiger partial charge in [0.05, 0.1) is 4.47 Å². The summed E-state index contributed by atoms with van der Waals surface area (Å²) in [5.74, 6) is 0.290. The fourth-order valence-electron chi connectivity index (χ4n) is 1.37. The van der Waals surface area contributed by atoms with Crippen LogP contribution in [0.4, 0.5) is 0 Å². The van der Waals surface area contributed by atoms with E-state index in [1.807, 2.05) is 48.5 Å². The molecule has 0 aliphatic heterocycles. The maximum absolute atomic E-state index is 9.80. The third kappa shape index (κ3) is 3.90. The molecule has 0 heterocycles. The zero-order chi connectivity index (χ0) is 12.7. The van der Waals surface area contributed by atoms with Crippen molar-refractivity contribution in [1.82, 2.24) is 0 Å². The van der Waals surface area contributed by atoms with E-state index in [0.29, 0.717) is 5.75 Å². The fraction of sp³-hybridized carbons (Fsp3) is 0.200. The summed E-state index contributed by atoms with van der Waals surface area (Å²) in [7, 11) is 0. The van der Waals surface area contributed by atoms with Crippen LogP contribution in [0.1, 0.15) is 20.3 Å². The van der Waals surface area contributed by atoms with Crippen LogP contribution in [0.25, 0.3) is 11.1 Å². The van der Waals surface area contributed by atoms with E-state index in [9.17, 15) is 5.11 Å². The van der Waals surface area contributed by atoms with Crippen molar-refractivity contribution in [3.63, 3.8) is 0 Å². The highest BCUT2D eigenvalue weighted by Crippen LogP contribution is 2.34. The average Bonchev–Trinajstić information content (AvgIpc) is 2.35. The standard InChI is InChI=1S/C12H9BrO.C3H8/c13-11-8-4-7-10(12(11)14)9-5-2-1-3-6-9;1-3-2/h1-8,14H;3H2,1-2H3. The Kier molecular flexibility index (Phi) is 5.78. The second-order valence-electron chi connectivity index (χ2n) is 3.71. The minimum absolute atomic E-state index is 0.290. The van der Waals surface area contributed by atoms with Crippen molar-refractivity contribution in [1.29, 1.82) is 0 Å². The molecule has 2 heteroatoms. The van der Waals surface area contributed by atoms with Crippen molar-refractivity contribution in [3.05, 3.63) is 53.0 Å². The van der Waals surface area contributed by atoms with E-state index in [4.69, 9.17) is 0 Å². The highest BCUT2D eigenvalue weighted by molar-refractivity contribution is 9.10. The van der Waals surface area contributed by atoms with E-state index in [1.165, 1.54) is 6.42 Å². The van der Waals surface area contributed by atoms with Gasteiger partial charge in [0, 0.05) is 5.56 Å².